The minimum Gasteiger partial charge on any atom is -0.486 e. The number of carbonyl (C=O) groups excluding carboxylic acids is 1. The summed E-state index contributed by atoms with van der Waals surface area (Å²) < 4.78 is 10.9. The maximum absolute atomic E-state index is 12.1. The standard InChI is InChI=1S/C15H14N2O3/c18-15(17-10-12-3-1-2-6-16-12)11-4-5-13-14(9-11)20-8-7-19-13/h1-6,9H,7-8,10H2,(H,17,18). The Bertz CT molecular complexity index is 614. The molecule has 1 aromatic carbocycles. The van der Waals surface area contributed by atoms with Crippen LogP contribution in [0.15, 0.2) is 42.6 Å². The molecule has 0 aliphatic carbocycles. The smallest absolute Gasteiger partial charge is 0.251 e. The Morgan fingerprint density at radius 3 is 2.80 bits per heavy atom. The van der Waals surface area contributed by atoms with Crippen LogP contribution < -0.4 is 14.8 Å². The number of fused-ring (bicyclic) bond motifs is 1. The van der Waals surface area contributed by atoms with Crippen molar-refractivity contribution in [2.45, 2.75) is 6.54 Å². The van der Waals surface area contributed by atoms with Crippen LogP contribution in [-0.2, 0) is 6.54 Å². The number of pyridine rings is 1. The molecule has 0 unspecified atom stereocenters. The molecule has 5 nitrogen and oxygen atoms in total. The molecule has 0 saturated carbocycles. The van der Waals surface area contributed by atoms with Crippen LogP contribution in [0.5, 0.6) is 11.5 Å². The van der Waals surface area contributed by atoms with Gasteiger partial charge in [-0.25, -0.2) is 0 Å². The van der Waals surface area contributed by atoms with Crippen molar-refractivity contribution in [2.75, 3.05) is 13.2 Å². The first-order chi connectivity index (χ1) is 9.83. The third-order valence-electron chi connectivity index (χ3n) is 2.96. The molecule has 1 aliphatic rings. The Morgan fingerprint density at radius 1 is 1.15 bits per heavy atom. The zero-order valence-electron chi connectivity index (χ0n) is 10.8. The third-order valence-corrected chi connectivity index (χ3v) is 2.96. The predicted molar refractivity (Wildman–Crippen MR) is 72.8 cm³/mol. The number of ether oxygens (including phenoxy) is 2. The molecule has 1 aromatic heterocycles. The minimum atomic E-state index is -0.160. The van der Waals surface area contributed by atoms with E-state index in [9.17, 15) is 4.79 Å². The number of nitrogens with one attached hydrogen (secondary N) is 1. The second-order valence-corrected chi connectivity index (χ2v) is 4.36. The first kappa shape index (κ1) is 12.5. The number of benzene rings is 1. The van der Waals surface area contributed by atoms with Gasteiger partial charge >= 0.3 is 0 Å². The highest BCUT2D eigenvalue weighted by atomic mass is 16.6. The first-order valence-electron chi connectivity index (χ1n) is 6.41. The fourth-order valence-corrected chi connectivity index (χ4v) is 1.96. The molecular formula is C15H14N2O3. The van der Waals surface area contributed by atoms with E-state index in [1.807, 2.05) is 18.2 Å². The van der Waals surface area contributed by atoms with Crippen molar-refractivity contribution < 1.29 is 14.3 Å². The van der Waals surface area contributed by atoms with E-state index in [0.29, 0.717) is 36.8 Å². The second kappa shape index (κ2) is 5.61. The molecule has 2 aromatic rings. The number of rotatable bonds is 3. The van der Waals surface area contributed by atoms with Crippen molar-refractivity contribution in [1.29, 1.82) is 0 Å². The zero-order valence-corrected chi connectivity index (χ0v) is 10.8. The lowest BCUT2D eigenvalue weighted by atomic mass is 10.2. The number of nitrogens with zero attached hydrogens (tertiary/aromatic N) is 1. The minimum absolute atomic E-state index is 0.160. The fraction of sp³-hybridized carbons (Fsp3) is 0.200. The molecule has 0 bridgehead atoms. The summed E-state index contributed by atoms with van der Waals surface area (Å²) in [7, 11) is 0. The summed E-state index contributed by atoms with van der Waals surface area (Å²) >= 11 is 0. The van der Waals surface area contributed by atoms with E-state index < -0.39 is 0 Å². The van der Waals surface area contributed by atoms with E-state index in [1.54, 1.807) is 24.4 Å². The van der Waals surface area contributed by atoms with Gasteiger partial charge in [-0.3, -0.25) is 9.78 Å². The monoisotopic (exact) mass is 270 g/mol. The normalized spacial score (nSPS) is 12.8. The van der Waals surface area contributed by atoms with Crippen LogP contribution in [0.1, 0.15) is 16.1 Å². The van der Waals surface area contributed by atoms with E-state index >= 15 is 0 Å². The van der Waals surface area contributed by atoms with Crippen LogP contribution >= 0.6 is 0 Å². The van der Waals surface area contributed by atoms with Crippen LogP contribution in [0.25, 0.3) is 0 Å². The highest BCUT2D eigenvalue weighted by molar-refractivity contribution is 5.94. The van der Waals surface area contributed by atoms with Gasteiger partial charge in [0.1, 0.15) is 13.2 Å². The molecule has 2 heterocycles. The summed E-state index contributed by atoms with van der Waals surface area (Å²) in [5.74, 6) is 1.13. The van der Waals surface area contributed by atoms with Crippen molar-refractivity contribution in [3.63, 3.8) is 0 Å². The van der Waals surface area contributed by atoms with E-state index in [-0.39, 0.29) is 5.91 Å². The lowest BCUT2D eigenvalue weighted by molar-refractivity contribution is 0.0949. The number of hydrogen-bond acceptors (Lipinski definition) is 4. The maximum Gasteiger partial charge on any atom is 0.251 e. The van der Waals surface area contributed by atoms with Gasteiger partial charge in [0.2, 0.25) is 0 Å². The molecule has 0 fully saturated rings. The van der Waals surface area contributed by atoms with Crippen molar-refractivity contribution in [1.82, 2.24) is 10.3 Å². The van der Waals surface area contributed by atoms with Gasteiger partial charge in [0, 0.05) is 11.8 Å². The van der Waals surface area contributed by atoms with Gasteiger partial charge < -0.3 is 14.8 Å². The lowest BCUT2D eigenvalue weighted by Gasteiger charge is -2.18. The molecule has 20 heavy (non-hydrogen) atoms. The van der Waals surface area contributed by atoms with Gasteiger partial charge in [0.25, 0.3) is 5.91 Å². The van der Waals surface area contributed by atoms with Gasteiger partial charge in [-0.05, 0) is 30.3 Å². The van der Waals surface area contributed by atoms with E-state index in [2.05, 4.69) is 10.3 Å². The average Bonchev–Trinajstić information content (AvgIpc) is 2.53. The summed E-state index contributed by atoms with van der Waals surface area (Å²) in [6.07, 6.45) is 1.70. The average molecular weight is 270 g/mol. The summed E-state index contributed by atoms with van der Waals surface area (Å²) in [6.45, 7) is 1.44. The molecule has 1 amide bonds. The van der Waals surface area contributed by atoms with Crippen LogP contribution in [-0.4, -0.2) is 24.1 Å². The number of amides is 1. The Hall–Kier alpha value is -2.56. The molecule has 5 heteroatoms. The molecular weight excluding hydrogens is 256 g/mol. The van der Waals surface area contributed by atoms with Crippen LogP contribution in [0.4, 0.5) is 0 Å². The molecule has 1 aliphatic heterocycles. The van der Waals surface area contributed by atoms with Gasteiger partial charge in [0.05, 0.1) is 12.2 Å². The van der Waals surface area contributed by atoms with Crippen molar-refractivity contribution in [2.24, 2.45) is 0 Å². The highest BCUT2D eigenvalue weighted by Gasteiger charge is 2.14. The first-order valence-corrected chi connectivity index (χ1v) is 6.41. The molecule has 0 atom stereocenters. The quantitative estimate of drug-likeness (QED) is 0.923. The molecule has 3 rings (SSSR count). The molecule has 0 spiro atoms. The molecule has 0 saturated heterocycles. The molecule has 1 N–H and O–H groups in total. The van der Waals surface area contributed by atoms with Gasteiger partial charge in [-0.1, -0.05) is 6.07 Å². The van der Waals surface area contributed by atoms with Gasteiger partial charge in [-0.2, -0.15) is 0 Å². The maximum atomic E-state index is 12.1. The summed E-state index contributed by atoms with van der Waals surface area (Å²) in [5, 5.41) is 2.82. The zero-order chi connectivity index (χ0) is 13.8. The van der Waals surface area contributed by atoms with Gasteiger partial charge in [0.15, 0.2) is 11.5 Å². The summed E-state index contributed by atoms with van der Waals surface area (Å²) in [4.78, 5) is 16.2. The molecule has 0 radical (unpaired) electrons. The number of aromatic nitrogens is 1. The highest BCUT2D eigenvalue weighted by Crippen LogP contribution is 2.30. The summed E-state index contributed by atoms with van der Waals surface area (Å²) in [6, 6.07) is 10.8. The van der Waals surface area contributed by atoms with E-state index in [4.69, 9.17) is 9.47 Å². The number of hydrogen-bond donors (Lipinski definition) is 1. The van der Waals surface area contributed by atoms with Crippen LogP contribution in [0.3, 0.4) is 0 Å². The topological polar surface area (TPSA) is 60.5 Å². The Balaban J connectivity index is 1.68. The fourth-order valence-electron chi connectivity index (χ4n) is 1.96. The Kier molecular flexibility index (Phi) is 3.50. The third kappa shape index (κ3) is 2.71. The summed E-state index contributed by atoms with van der Waals surface area (Å²) in [5.41, 5.74) is 1.36. The lowest BCUT2D eigenvalue weighted by Crippen LogP contribution is -2.23. The molecule has 102 valence electrons. The Morgan fingerprint density at radius 2 is 2.00 bits per heavy atom. The van der Waals surface area contributed by atoms with E-state index in [1.165, 1.54) is 0 Å². The largest absolute Gasteiger partial charge is 0.486 e. The van der Waals surface area contributed by atoms with E-state index in [0.717, 1.165) is 5.69 Å². The van der Waals surface area contributed by atoms with Crippen molar-refractivity contribution >= 4 is 5.91 Å². The Labute approximate surface area is 116 Å². The van der Waals surface area contributed by atoms with Crippen molar-refractivity contribution in [3.8, 4) is 11.5 Å². The second-order valence-electron chi connectivity index (χ2n) is 4.36. The SMILES string of the molecule is O=C(NCc1ccccn1)c1ccc2c(c1)OCCO2. The van der Waals surface area contributed by atoms with Gasteiger partial charge in [-0.15, -0.1) is 0 Å². The number of carbonyl (C=O) groups is 1. The van der Waals surface area contributed by atoms with Crippen molar-refractivity contribution in [3.05, 3.63) is 53.9 Å². The van der Waals surface area contributed by atoms with Crippen LogP contribution in [0.2, 0.25) is 0 Å². The van der Waals surface area contributed by atoms with Crippen LogP contribution in [0, 0.1) is 0 Å². The predicted octanol–water partition coefficient (Wildman–Crippen LogP) is 1.78.